The van der Waals surface area contributed by atoms with Crippen molar-refractivity contribution >= 4 is 44.7 Å². The molecule has 0 heterocycles. The molecule has 0 aliphatic carbocycles. The zero-order valence-electron chi connectivity index (χ0n) is 17.6. The molecule has 3 aromatic carbocycles. The van der Waals surface area contributed by atoms with E-state index in [0.717, 1.165) is 4.31 Å². The highest BCUT2D eigenvalue weighted by molar-refractivity contribution is 7.92. The molecule has 170 valence electrons. The summed E-state index contributed by atoms with van der Waals surface area (Å²) in [5, 5.41) is 9.82. The van der Waals surface area contributed by atoms with Crippen molar-refractivity contribution in [1.29, 1.82) is 5.26 Å². The van der Waals surface area contributed by atoms with Crippen molar-refractivity contribution in [2.75, 3.05) is 25.1 Å². The number of nitrogens with zero attached hydrogens (tertiary/aromatic N) is 2. The van der Waals surface area contributed by atoms with E-state index in [-0.39, 0.29) is 37.5 Å². The summed E-state index contributed by atoms with van der Waals surface area (Å²) in [5.41, 5.74) is 0.138. The molecule has 0 saturated carbocycles. The summed E-state index contributed by atoms with van der Waals surface area (Å²) >= 11 is 12.3. The molecule has 0 aliphatic heterocycles. The fraction of sp³-hybridized carbons (Fsp3) is 0.130. The quantitative estimate of drug-likeness (QED) is 0.317. The van der Waals surface area contributed by atoms with Crippen LogP contribution in [0.25, 0.3) is 0 Å². The lowest BCUT2D eigenvalue weighted by Gasteiger charge is -2.24. The summed E-state index contributed by atoms with van der Waals surface area (Å²) in [6, 6.07) is 16.4. The van der Waals surface area contributed by atoms with Crippen molar-refractivity contribution in [2.24, 2.45) is 0 Å². The molecule has 10 heteroatoms. The van der Waals surface area contributed by atoms with Crippen LogP contribution in [-0.2, 0) is 10.0 Å². The van der Waals surface area contributed by atoms with Crippen LogP contribution in [-0.4, -0.2) is 35.0 Å². The summed E-state index contributed by atoms with van der Waals surface area (Å²) < 4.78 is 38.3. The first kappa shape index (κ1) is 24.4. The van der Waals surface area contributed by atoms with Gasteiger partial charge in [-0.3, -0.25) is 9.10 Å². The number of methoxy groups -OCH3 is 2. The van der Waals surface area contributed by atoms with Gasteiger partial charge < -0.3 is 9.47 Å². The molecule has 0 unspecified atom stereocenters. The summed E-state index contributed by atoms with van der Waals surface area (Å²) in [4.78, 5) is 13.2. The fourth-order valence-corrected chi connectivity index (χ4v) is 4.96. The van der Waals surface area contributed by atoms with Crippen LogP contribution in [0.1, 0.15) is 15.9 Å². The Kier molecular flexibility index (Phi) is 7.49. The highest BCUT2D eigenvalue weighted by atomic mass is 35.5. The Morgan fingerprint density at radius 3 is 2.30 bits per heavy atom. The van der Waals surface area contributed by atoms with Gasteiger partial charge in [-0.1, -0.05) is 35.3 Å². The number of nitriles is 1. The summed E-state index contributed by atoms with van der Waals surface area (Å²) in [5.74, 6) is -0.00753. The largest absolute Gasteiger partial charge is 0.493 e. The zero-order valence-corrected chi connectivity index (χ0v) is 19.9. The Morgan fingerprint density at radius 1 is 0.970 bits per heavy atom. The Bertz CT molecular complexity index is 1350. The van der Waals surface area contributed by atoms with Crippen LogP contribution < -0.4 is 13.8 Å². The number of ketones is 1. The van der Waals surface area contributed by atoms with Crippen molar-refractivity contribution in [1.82, 2.24) is 0 Å². The first-order valence-corrected chi connectivity index (χ1v) is 11.6. The normalized spacial score (nSPS) is 10.9. The lowest BCUT2D eigenvalue weighted by molar-refractivity contribution is 0.103. The van der Waals surface area contributed by atoms with E-state index in [1.54, 1.807) is 18.2 Å². The number of ether oxygens (including phenoxy) is 2. The molecule has 33 heavy (non-hydrogen) atoms. The van der Waals surface area contributed by atoms with Gasteiger partial charge in [0.1, 0.15) is 6.54 Å². The lowest BCUT2D eigenvalue weighted by Crippen LogP contribution is -2.33. The van der Waals surface area contributed by atoms with E-state index in [9.17, 15) is 18.5 Å². The summed E-state index contributed by atoms with van der Waals surface area (Å²) in [6.07, 6.45) is 0. The van der Waals surface area contributed by atoms with Gasteiger partial charge in [0.05, 0.1) is 35.9 Å². The second kappa shape index (κ2) is 10.1. The molecule has 0 fully saturated rings. The van der Waals surface area contributed by atoms with E-state index >= 15 is 0 Å². The molecule has 0 aliphatic rings. The minimum absolute atomic E-state index is 0.0133. The van der Waals surface area contributed by atoms with Gasteiger partial charge in [-0.25, -0.2) is 8.42 Å². The van der Waals surface area contributed by atoms with Crippen molar-refractivity contribution in [3.63, 3.8) is 0 Å². The second-order valence-corrected chi connectivity index (χ2v) is 9.36. The van der Waals surface area contributed by atoms with Gasteiger partial charge in [0.2, 0.25) is 0 Å². The summed E-state index contributed by atoms with van der Waals surface area (Å²) in [6.45, 7) is -0.554. The van der Waals surface area contributed by atoms with Crippen LogP contribution in [0.5, 0.6) is 11.5 Å². The number of carbonyl (C=O) groups is 1. The van der Waals surface area contributed by atoms with Gasteiger partial charge in [0.15, 0.2) is 17.3 Å². The minimum atomic E-state index is -4.29. The molecular weight excluding hydrogens is 487 g/mol. The maximum Gasteiger partial charge on any atom is 0.265 e. The first-order chi connectivity index (χ1) is 15.7. The Morgan fingerprint density at radius 2 is 1.67 bits per heavy atom. The molecule has 0 radical (unpaired) electrons. The number of sulfonamides is 1. The van der Waals surface area contributed by atoms with E-state index in [1.165, 1.54) is 56.7 Å². The molecule has 3 aromatic rings. The van der Waals surface area contributed by atoms with Crippen LogP contribution in [0.3, 0.4) is 0 Å². The van der Waals surface area contributed by atoms with Crippen molar-refractivity contribution < 1.29 is 22.7 Å². The van der Waals surface area contributed by atoms with E-state index in [4.69, 9.17) is 32.7 Å². The first-order valence-electron chi connectivity index (χ1n) is 9.45. The number of halogens is 2. The molecular formula is C23H18Cl2N2O5S. The minimum Gasteiger partial charge on any atom is -0.493 e. The molecule has 0 bridgehead atoms. The van der Waals surface area contributed by atoms with E-state index in [2.05, 4.69) is 0 Å². The number of hydrogen-bond donors (Lipinski definition) is 0. The number of hydrogen-bond acceptors (Lipinski definition) is 6. The third-order valence-corrected chi connectivity index (χ3v) is 7.07. The molecule has 0 amide bonds. The van der Waals surface area contributed by atoms with Crippen LogP contribution in [0, 0.1) is 11.3 Å². The maximum absolute atomic E-state index is 13.6. The Balaban J connectivity index is 2.20. The fourth-order valence-electron chi connectivity index (χ4n) is 3.17. The maximum atomic E-state index is 13.6. The predicted molar refractivity (Wildman–Crippen MR) is 126 cm³/mol. The number of anilines is 1. The SMILES string of the molecule is COc1ccc(S(=O)(=O)N(CC#N)c2ccc(Cl)cc2C(=O)c2ccccc2Cl)cc1OC. The van der Waals surface area contributed by atoms with E-state index in [0.29, 0.717) is 5.75 Å². The van der Waals surface area contributed by atoms with Gasteiger partial charge in [0.25, 0.3) is 10.0 Å². The van der Waals surface area contributed by atoms with Crippen LogP contribution in [0.15, 0.2) is 65.6 Å². The molecule has 0 N–H and O–H groups in total. The standard InChI is InChI=1S/C23H18Cl2N2O5S/c1-31-21-10-8-16(14-22(21)32-2)33(29,30)27(12-11-26)20-9-7-15(24)13-18(20)23(28)17-5-3-4-6-19(17)25/h3-10,13-14H,12H2,1-2H3. The highest BCUT2D eigenvalue weighted by Crippen LogP contribution is 2.35. The second-order valence-electron chi connectivity index (χ2n) is 6.66. The van der Waals surface area contributed by atoms with E-state index in [1.807, 2.05) is 6.07 Å². The van der Waals surface area contributed by atoms with Gasteiger partial charge in [-0.2, -0.15) is 5.26 Å². The monoisotopic (exact) mass is 504 g/mol. The topological polar surface area (TPSA) is 96.7 Å². The van der Waals surface area contributed by atoms with Gasteiger partial charge in [-0.05, 0) is 42.5 Å². The molecule has 3 rings (SSSR count). The lowest BCUT2D eigenvalue weighted by atomic mass is 10.0. The molecule has 0 saturated heterocycles. The zero-order chi connectivity index (χ0) is 24.2. The highest BCUT2D eigenvalue weighted by Gasteiger charge is 2.30. The van der Waals surface area contributed by atoms with Gasteiger partial charge in [-0.15, -0.1) is 0 Å². The van der Waals surface area contributed by atoms with Crippen molar-refractivity contribution in [3.05, 3.63) is 81.8 Å². The molecule has 0 spiro atoms. The van der Waals surface area contributed by atoms with Crippen molar-refractivity contribution in [3.8, 4) is 17.6 Å². The van der Waals surface area contributed by atoms with Crippen LogP contribution in [0.4, 0.5) is 5.69 Å². The Hall–Kier alpha value is -3.25. The number of carbonyl (C=O) groups excluding carboxylic acids is 1. The average Bonchev–Trinajstić information content (AvgIpc) is 2.82. The molecule has 7 nitrogen and oxygen atoms in total. The van der Waals surface area contributed by atoms with Gasteiger partial charge in [0, 0.05) is 22.2 Å². The smallest absolute Gasteiger partial charge is 0.265 e. The third kappa shape index (κ3) is 4.91. The summed E-state index contributed by atoms with van der Waals surface area (Å²) in [7, 11) is -1.49. The number of benzene rings is 3. The van der Waals surface area contributed by atoms with Crippen molar-refractivity contribution in [2.45, 2.75) is 4.90 Å². The Labute approximate surface area is 201 Å². The van der Waals surface area contributed by atoms with Gasteiger partial charge >= 0.3 is 0 Å². The van der Waals surface area contributed by atoms with Crippen LogP contribution in [0.2, 0.25) is 10.0 Å². The van der Waals surface area contributed by atoms with E-state index < -0.39 is 22.4 Å². The predicted octanol–water partition coefficient (Wildman–Crippen LogP) is 4.96. The number of rotatable bonds is 8. The third-order valence-electron chi connectivity index (χ3n) is 4.75. The van der Waals surface area contributed by atoms with Crippen LogP contribution >= 0.6 is 23.2 Å². The molecule has 0 atom stereocenters. The molecule has 0 aromatic heterocycles. The average molecular weight is 505 g/mol.